The third-order valence-electron chi connectivity index (χ3n) is 1.34. The monoisotopic (exact) mass is 164 g/mol. The molecule has 0 radical (unpaired) electrons. The highest BCUT2D eigenvalue weighted by atomic mass is 19.1. The molecule has 1 aromatic heterocycles. The molecule has 0 bridgehead atoms. The number of hydrogen-bond acceptors (Lipinski definition) is 2. The van der Waals surface area contributed by atoms with E-state index in [1.165, 1.54) is 12.1 Å². The third-order valence-corrected chi connectivity index (χ3v) is 1.34. The first-order valence-corrected chi connectivity index (χ1v) is 3.56. The van der Waals surface area contributed by atoms with Crippen molar-refractivity contribution in [3.63, 3.8) is 0 Å². The summed E-state index contributed by atoms with van der Waals surface area (Å²) in [6.45, 7) is 1.89. The molecular weight excluding hydrogens is 155 g/mol. The van der Waals surface area contributed by atoms with Gasteiger partial charge >= 0.3 is 0 Å². The zero-order valence-corrected chi connectivity index (χ0v) is 6.76. The second kappa shape index (κ2) is 3.84. The summed E-state index contributed by atoms with van der Waals surface area (Å²) in [6.07, 6.45) is 0. The van der Waals surface area contributed by atoms with Crippen LogP contribution in [0.1, 0.15) is 11.4 Å². The fourth-order valence-corrected chi connectivity index (χ4v) is 0.755. The predicted octanol–water partition coefficient (Wildman–Crippen LogP) is 0.839. The van der Waals surface area contributed by atoms with Crippen molar-refractivity contribution in [2.45, 2.75) is 6.92 Å². The largest absolute Gasteiger partial charge is 0.320 e. The molecule has 0 spiro atoms. The number of pyridine rings is 1. The van der Waals surface area contributed by atoms with Gasteiger partial charge in [0.25, 0.3) is 0 Å². The molecule has 0 aromatic carbocycles. The predicted molar refractivity (Wildman–Crippen MR) is 44.9 cm³/mol. The van der Waals surface area contributed by atoms with Crippen LogP contribution in [0.5, 0.6) is 0 Å². The fraction of sp³-hybridized carbons (Fsp3) is 0.222. The van der Waals surface area contributed by atoms with Crippen LogP contribution in [0, 0.1) is 24.6 Å². The van der Waals surface area contributed by atoms with Crippen LogP contribution < -0.4 is 5.73 Å². The lowest BCUT2D eigenvalue weighted by Gasteiger charge is -1.94. The molecule has 3 heteroatoms. The maximum Gasteiger partial charge on any atom is 0.144 e. The van der Waals surface area contributed by atoms with Crippen LogP contribution in [0.25, 0.3) is 0 Å². The van der Waals surface area contributed by atoms with E-state index in [2.05, 4.69) is 16.8 Å². The number of aromatic nitrogens is 1. The summed E-state index contributed by atoms with van der Waals surface area (Å²) in [5.41, 5.74) is 6.08. The standard InChI is InChI=1S/C9H9FN2/c1-7-9(10)5-4-8(12-7)3-2-6-11/h4-5H,6,11H2,1H3. The first kappa shape index (κ1) is 8.69. The Kier molecular flexibility index (Phi) is 2.78. The van der Waals surface area contributed by atoms with Crippen molar-refractivity contribution in [3.05, 3.63) is 29.3 Å². The van der Waals surface area contributed by atoms with Crippen molar-refractivity contribution >= 4 is 0 Å². The second-order valence-corrected chi connectivity index (χ2v) is 2.27. The van der Waals surface area contributed by atoms with E-state index < -0.39 is 0 Å². The summed E-state index contributed by atoms with van der Waals surface area (Å²) in [5.74, 6) is 5.05. The molecule has 0 unspecified atom stereocenters. The molecule has 1 rings (SSSR count). The van der Waals surface area contributed by atoms with Gasteiger partial charge in [-0.2, -0.15) is 0 Å². The molecule has 0 aliphatic rings. The highest BCUT2D eigenvalue weighted by Crippen LogP contribution is 2.02. The first-order valence-electron chi connectivity index (χ1n) is 3.56. The third kappa shape index (κ3) is 2.04. The zero-order chi connectivity index (χ0) is 8.97. The lowest BCUT2D eigenvalue weighted by atomic mass is 10.3. The minimum atomic E-state index is -0.312. The number of halogens is 1. The molecule has 1 heterocycles. The summed E-state index contributed by atoms with van der Waals surface area (Å²) < 4.78 is 12.7. The van der Waals surface area contributed by atoms with E-state index in [-0.39, 0.29) is 12.4 Å². The van der Waals surface area contributed by atoms with Gasteiger partial charge in [-0.1, -0.05) is 5.92 Å². The van der Waals surface area contributed by atoms with Gasteiger partial charge in [0.1, 0.15) is 11.5 Å². The topological polar surface area (TPSA) is 38.9 Å². The molecule has 0 aliphatic heterocycles. The Balaban J connectivity index is 2.97. The Morgan fingerprint density at radius 1 is 1.58 bits per heavy atom. The maximum absolute atomic E-state index is 12.7. The average Bonchev–Trinajstić information content (AvgIpc) is 2.07. The quantitative estimate of drug-likeness (QED) is 0.577. The van der Waals surface area contributed by atoms with Gasteiger partial charge < -0.3 is 5.73 Å². The summed E-state index contributed by atoms with van der Waals surface area (Å²) in [5, 5.41) is 0. The van der Waals surface area contributed by atoms with Gasteiger partial charge in [0, 0.05) is 0 Å². The minimum absolute atomic E-state index is 0.290. The van der Waals surface area contributed by atoms with E-state index in [0.717, 1.165) is 0 Å². The Hall–Kier alpha value is -1.40. The average molecular weight is 164 g/mol. The number of nitrogens with two attached hydrogens (primary N) is 1. The van der Waals surface area contributed by atoms with Crippen molar-refractivity contribution in [2.75, 3.05) is 6.54 Å². The van der Waals surface area contributed by atoms with Gasteiger partial charge in [-0.3, -0.25) is 0 Å². The van der Waals surface area contributed by atoms with E-state index in [4.69, 9.17) is 5.73 Å². The normalized spacial score (nSPS) is 8.92. The molecule has 0 saturated carbocycles. The Morgan fingerprint density at radius 2 is 2.33 bits per heavy atom. The van der Waals surface area contributed by atoms with Gasteiger partial charge in [-0.05, 0) is 25.0 Å². The molecule has 1 aromatic rings. The number of rotatable bonds is 0. The van der Waals surface area contributed by atoms with Crippen LogP contribution in [-0.4, -0.2) is 11.5 Å². The number of nitrogens with zero attached hydrogens (tertiary/aromatic N) is 1. The van der Waals surface area contributed by atoms with Gasteiger partial charge in [-0.25, -0.2) is 9.37 Å². The van der Waals surface area contributed by atoms with Gasteiger partial charge in [0.2, 0.25) is 0 Å². The van der Waals surface area contributed by atoms with Crippen LogP contribution in [0.2, 0.25) is 0 Å². The van der Waals surface area contributed by atoms with Crippen LogP contribution >= 0.6 is 0 Å². The second-order valence-electron chi connectivity index (χ2n) is 2.27. The van der Waals surface area contributed by atoms with Crippen LogP contribution in [-0.2, 0) is 0 Å². The SMILES string of the molecule is Cc1nc(C#CCN)ccc1F. The molecule has 0 amide bonds. The molecular formula is C9H9FN2. The number of aryl methyl sites for hydroxylation is 1. The van der Waals surface area contributed by atoms with Crippen molar-refractivity contribution < 1.29 is 4.39 Å². The molecule has 0 fully saturated rings. The maximum atomic E-state index is 12.7. The van der Waals surface area contributed by atoms with Crippen molar-refractivity contribution in [1.29, 1.82) is 0 Å². The van der Waals surface area contributed by atoms with Gasteiger partial charge in [0.05, 0.1) is 12.2 Å². The smallest absolute Gasteiger partial charge is 0.144 e. The highest BCUT2D eigenvalue weighted by molar-refractivity contribution is 5.29. The highest BCUT2D eigenvalue weighted by Gasteiger charge is 1.96. The molecule has 62 valence electrons. The van der Waals surface area contributed by atoms with Gasteiger partial charge in [-0.15, -0.1) is 0 Å². The lowest BCUT2D eigenvalue weighted by Crippen LogP contribution is -1.95. The molecule has 0 aliphatic carbocycles. The Labute approximate surface area is 70.6 Å². The zero-order valence-electron chi connectivity index (χ0n) is 6.76. The van der Waals surface area contributed by atoms with Crippen LogP contribution in [0.15, 0.2) is 12.1 Å². The molecule has 0 saturated heterocycles. The Bertz CT molecular complexity index is 336. The van der Waals surface area contributed by atoms with E-state index in [9.17, 15) is 4.39 Å². The minimum Gasteiger partial charge on any atom is -0.320 e. The van der Waals surface area contributed by atoms with Crippen LogP contribution in [0.3, 0.4) is 0 Å². The fourth-order valence-electron chi connectivity index (χ4n) is 0.755. The summed E-state index contributed by atoms with van der Waals surface area (Å²) in [7, 11) is 0. The van der Waals surface area contributed by atoms with E-state index in [0.29, 0.717) is 11.4 Å². The van der Waals surface area contributed by atoms with E-state index in [1.54, 1.807) is 6.92 Å². The first-order chi connectivity index (χ1) is 5.74. The molecule has 0 atom stereocenters. The molecule has 2 nitrogen and oxygen atoms in total. The Morgan fingerprint density at radius 3 is 2.92 bits per heavy atom. The van der Waals surface area contributed by atoms with Crippen molar-refractivity contribution in [3.8, 4) is 11.8 Å². The van der Waals surface area contributed by atoms with Crippen LogP contribution in [0.4, 0.5) is 4.39 Å². The lowest BCUT2D eigenvalue weighted by molar-refractivity contribution is 0.609. The van der Waals surface area contributed by atoms with E-state index >= 15 is 0 Å². The summed E-state index contributed by atoms with van der Waals surface area (Å²) in [6, 6.07) is 2.88. The van der Waals surface area contributed by atoms with E-state index in [1.807, 2.05) is 0 Å². The number of hydrogen-bond donors (Lipinski definition) is 1. The summed E-state index contributed by atoms with van der Waals surface area (Å²) in [4.78, 5) is 3.91. The van der Waals surface area contributed by atoms with Crippen molar-refractivity contribution in [2.24, 2.45) is 5.73 Å². The molecule has 2 N–H and O–H groups in total. The molecule has 12 heavy (non-hydrogen) atoms. The van der Waals surface area contributed by atoms with Gasteiger partial charge in [0.15, 0.2) is 0 Å². The summed E-state index contributed by atoms with van der Waals surface area (Å²) >= 11 is 0. The van der Waals surface area contributed by atoms with Crippen molar-refractivity contribution in [1.82, 2.24) is 4.98 Å².